The van der Waals surface area contributed by atoms with Gasteiger partial charge in [0.2, 0.25) is 0 Å². The fourth-order valence-corrected chi connectivity index (χ4v) is 1.81. The first-order chi connectivity index (χ1) is 5.79. The molecule has 0 aromatic carbocycles. The van der Waals surface area contributed by atoms with Crippen molar-refractivity contribution in [3.63, 3.8) is 0 Å². The van der Waals surface area contributed by atoms with E-state index >= 15 is 0 Å². The normalized spacial score (nSPS) is 30.6. The van der Waals surface area contributed by atoms with Crippen molar-refractivity contribution in [2.75, 3.05) is 0 Å². The molecule has 12 heavy (non-hydrogen) atoms. The molecule has 0 spiro atoms. The van der Waals surface area contributed by atoms with Crippen LogP contribution in [0.4, 0.5) is 0 Å². The van der Waals surface area contributed by atoms with E-state index in [0.717, 1.165) is 6.42 Å². The molecule has 0 fully saturated rings. The predicted molar refractivity (Wildman–Crippen MR) is 53.8 cm³/mol. The third-order valence-corrected chi connectivity index (χ3v) is 2.73. The van der Waals surface area contributed by atoms with Gasteiger partial charge in [0.25, 0.3) is 0 Å². The van der Waals surface area contributed by atoms with Gasteiger partial charge in [-0.2, -0.15) is 0 Å². The zero-order chi connectivity index (χ0) is 8.97. The standard InChI is InChI=1S/C11H19N/c1-3-9-7-5-6-8-10(9)11(12)4-2/h5-11H,3-4,12H2,1-2H3. The quantitative estimate of drug-likeness (QED) is 0.683. The summed E-state index contributed by atoms with van der Waals surface area (Å²) in [5.41, 5.74) is 6.03. The highest BCUT2D eigenvalue weighted by molar-refractivity contribution is 5.15. The molecule has 3 unspecified atom stereocenters. The summed E-state index contributed by atoms with van der Waals surface area (Å²) >= 11 is 0. The molecular weight excluding hydrogens is 146 g/mol. The van der Waals surface area contributed by atoms with Crippen LogP contribution in [0.15, 0.2) is 24.3 Å². The van der Waals surface area contributed by atoms with Crippen molar-refractivity contribution >= 4 is 0 Å². The molecule has 0 saturated heterocycles. The third-order valence-electron chi connectivity index (χ3n) is 2.73. The number of allylic oxidation sites excluding steroid dienone is 3. The molecule has 1 aliphatic rings. The molecule has 0 heterocycles. The van der Waals surface area contributed by atoms with Crippen LogP contribution in [0, 0.1) is 11.8 Å². The lowest BCUT2D eigenvalue weighted by Gasteiger charge is -2.27. The SMILES string of the molecule is CCC(N)C1C=CC=CC1CC. The Kier molecular flexibility index (Phi) is 3.54. The second-order valence-corrected chi connectivity index (χ2v) is 3.49. The van der Waals surface area contributed by atoms with Gasteiger partial charge in [0, 0.05) is 6.04 Å². The smallest absolute Gasteiger partial charge is 0.0105 e. The third kappa shape index (κ3) is 1.98. The van der Waals surface area contributed by atoms with Gasteiger partial charge >= 0.3 is 0 Å². The van der Waals surface area contributed by atoms with Gasteiger partial charge in [0.1, 0.15) is 0 Å². The number of nitrogens with two attached hydrogens (primary N) is 1. The topological polar surface area (TPSA) is 26.0 Å². The van der Waals surface area contributed by atoms with Gasteiger partial charge in [0.05, 0.1) is 0 Å². The highest BCUT2D eigenvalue weighted by Crippen LogP contribution is 2.25. The second-order valence-electron chi connectivity index (χ2n) is 3.49. The van der Waals surface area contributed by atoms with Crippen LogP contribution < -0.4 is 5.73 Å². The minimum absolute atomic E-state index is 0.330. The summed E-state index contributed by atoms with van der Waals surface area (Å²) < 4.78 is 0. The molecular formula is C11H19N. The lowest BCUT2D eigenvalue weighted by Crippen LogP contribution is -2.33. The molecule has 68 valence electrons. The Labute approximate surface area is 75.3 Å². The van der Waals surface area contributed by atoms with Gasteiger partial charge in [-0.25, -0.2) is 0 Å². The highest BCUT2D eigenvalue weighted by Gasteiger charge is 2.21. The Hall–Kier alpha value is -0.560. The molecule has 2 N–H and O–H groups in total. The van der Waals surface area contributed by atoms with Crippen LogP contribution in [0.2, 0.25) is 0 Å². The molecule has 0 aliphatic heterocycles. The lowest BCUT2D eigenvalue weighted by molar-refractivity contribution is 0.375. The first kappa shape index (κ1) is 9.53. The summed E-state index contributed by atoms with van der Waals surface area (Å²) in [4.78, 5) is 0. The molecule has 1 aliphatic carbocycles. The Morgan fingerprint density at radius 1 is 1.25 bits per heavy atom. The molecule has 3 atom stereocenters. The fourth-order valence-electron chi connectivity index (χ4n) is 1.81. The fraction of sp³-hybridized carbons (Fsp3) is 0.636. The lowest BCUT2D eigenvalue weighted by atomic mass is 9.81. The first-order valence-electron chi connectivity index (χ1n) is 4.90. The van der Waals surface area contributed by atoms with Gasteiger partial charge in [-0.3, -0.25) is 0 Å². The first-order valence-corrected chi connectivity index (χ1v) is 4.90. The van der Waals surface area contributed by atoms with Crippen LogP contribution in [-0.2, 0) is 0 Å². The summed E-state index contributed by atoms with van der Waals surface area (Å²) in [7, 11) is 0. The van der Waals surface area contributed by atoms with Crippen LogP contribution in [0.1, 0.15) is 26.7 Å². The zero-order valence-corrected chi connectivity index (χ0v) is 8.03. The monoisotopic (exact) mass is 165 g/mol. The van der Waals surface area contributed by atoms with E-state index in [-0.39, 0.29) is 0 Å². The molecule has 1 rings (SSSR count). The highest BCUT2D eigenvalue weighted by atomic mass is 14.6. The van der Waals surface area contributed by atoms with E-state index in [4.69, 9.17) is 5.73 Å². The van der Waals surface area contributed by atoms with Crippen LogP contribution in [0.25, 0.3) is 0 Å². The van der Waals surface area contributed by atoms with Crippen molar-refractivity contribution in [3.05, 3.63) is 24.3 Å². The summed E-state index contributed by atoms with van der Waals surface area (Å²) in [5, 5.41) is 0. The minimum Gasteiger partial charge on any atom is -0.327 e. The Bertz CT molecular complexity index is 181. The van der Waals surface area contributed by atoms with Gasteiger partial charge < -0.3 is 5.73 Å². The Balaban J connectivity index is 2.61. The molecule has 0 saturated carbocycles. The van der Waals surface area contributed by atoms with E-state index in [1.165, 1.54) is 6.42 Å². The molecule has 0 aromatic rings. The molecule has 0 bridgehead atoms. The zero-order valence-electron chi connectivity index (χ0n) is 8.03. The van der Waals surface area contributed by atoms with Gasteiger partial charge in [-0.05, 0) is 24.7 Å². The van der Waals surface area contributed by atoms with Crippen molar-refractivity contribution < 1.29 is 0 Å². The largest absolute Gasteiger partial charge is 0.327 e. The van der Waals surface area contributed by atoms with Crippen LogP contribution in [0.5, 0.6) is 0 Å². The maximum absolute atomic E-state index is 6.03. The molecule has 0 amide bonds. The summed E-state index contributed by atoms with van der Waals surface area (Å²) in [6.45, 7) is 4.38. The van der Waals surface area contributed by atoms with Gasteiger partial charge in [0.15, 0.2) is 0 Å². The average Bonchev–Trinajstić information content (AvgIpc) is 2.16. The molecule has 1 heteroatoms. The predicted octanol–water partition coefficient (Wildman–Crippen LogP) is 2.49. The molecule has 0 radical (unpaired) electrons. The summed E-state index contributed by atoms with van der Waals surface area (Å²) in [5.74, 6) is 1.22. The van der Waals surface area contributed by atoms with E-state index in [1.807, 2.05) is 0 Å². The number of rotatable bonds is 3. The van der Waals surface area contributed by atoms with E-state index < -0.39 is 0 Å². The number of hydrogen-bond acceptors (Lipinski definition) is 1. The van der Waals surface area contributed by atoms with Crippen LogP contribution in [0.3, 0.4) is 0 Å². The maximum Gasteiger partial charge on any atom is 0.0105 e. The summed E-state index contributed by atoms with van der Waals surface area (Å²) in [6.07, 6.45) is 11.0. The number of hydrogen-bond donors (Lipinski definition) is 1. The van der Waals surface area contributed by atoms with Gasteiger partial charge in [-0.15, -0.1) is 0 Å². The summed E-state index contributed by atoms with van der Waals surface area (Å²) in [6, 6.07) is 0.330. The van der Waals surface area contributed by atoms with E-state index in [1.54, 1.807) is 0 Å². The van der Waals surface area contributed by atoms with Crippen molar-refractivity contribution in [2.24, 2.45) is 17.6 Å². The van der Waals surface area contributed by atoms with Crippen LogP contribution in [-0.4, -0.2) is 6.04 Å². The second kappa shape index (κ2) is 4.46. The van der Waals surface area contributed by atoms with E-state index in [2.05, 4.69) is 38.2 Å². The average molecular weight is 165 g/mol. The van der Waals surface area contributed by atoms with E-state index in [9.17, 15) is 0 Å². The Morgan fingerprint density at radius 3 is 2.50 bits per heavy atom. The van der Waals surface area contributed by atoms with Gasteiger partial charge in [-0.1, -0.05) is 38.2 Å². The minimum atomic E-state index is 0.330. The molecule has 0 aromatic heterocycles. The van der Waals surface area contributed by atoms with Crippen LogP contribution >= 0.6 is 0 Å². The Morgan fingerprint density at radius 2 is 1.92 bits per heavy atom. The van der Waals surface area contributed by atoms with Crippen molar-refractivity contribution in [1.82, 2.24) is 0 Å². The van der Waals surface area contributed by atoms with E-state index in [0.29, 0.717) is 17.9 Å². The molecule has 1 nitrogen and oxygen atoms in total. The van der Waals surface area contributed by atoms with Crippen molar-refractivity contribution in [3.8, 4) is 0 Å². The van der Waals surface area contributed by atoms with Crippen molar-refractivity contribution in [2.45, 2.75) is 32.7 Å². The van der Waals surface area contributed by atoms with Crippen molar-refractivity contribution in [1.29, 1.82) is 0 Å². The maximum atomic E-state index is 6.03.